The van der Waals surface area contributed by atoms with Crippen molar-refractivity contribution < 1.29 is 9.90 Å². The van der Waals surface area contributed by atoms with Crippen LogP contribution >= 0.6 is 11.3 Å². The van der Waals surface area contributed by atoms with Gasteiger partial charge in [-0.25, -0.2) is 4.98 Å². The average Bonchev–Trinajstić information content (AvgIpc) is 2.74. The minimum atomic E-state index is -0.926. The second-order valence-corrected chi connectivity index (χ2v) is 5.48. The molecule has 0 radical (unpaired) electrons. The first kappa shape index (κ1) is 14.0. The van der Waals surface area contributed by atoms with E-state index >= 15 is 0 Å². The molecule has 0 amide bonds. The van der Waals surface area contributed by atoms with Gasteiger partial charge in [0.25, 0.3) is 0 Å². The number of hydrogen-bond donors (Lipinski definition) is 2. The first-order chi connectivity index (χ1) is 7.91. The summed E-state index contributed by atoms with van der Waals surface area (Å²) in [5.74, 6) is -0.850. The van der Waals surface area contributed by atoms with E-state index in [1.54, 1.807) is 13.8 Å². The van der Waals surface area contributed by atoms with Crippen molar-refractivity contribution in [3.05, 3.63) is 11.1 Å². The molecule has 4 nitrogen and oxygen atoms in total. The maximum atomic E-state index is 11.1. The van der Waals surface area contributed by atoms with E-state index in [-0.39, 0.29) is 0 Å². The molecule has 0 bridgehead atoms. The van der Waals surface area contributed by atoms with Crippen LogP contribution in [0.25, 0.3) is 0 Å². The first-order valence-corrected chi connectivity index (χ1v) is 6.75. The summed E-state index contributed by atoms with van der Waals surface area (Å²) in [4.78, 5) is 15.5. The molecule has 96 valence electrons. The van der Waals surface area contributed by atoms with Crippen molar-refractivity contribution in [2.24, 2.45) is 0 Å². The highest BCUT2D eigenvalue weighted by molar-refractivity contribution is 7.13. The van der Waals surface area contributed by atoms with Crippen molar-refractivity contribution in [1.29, 1.82) is 0 Å². The monoisotopic (exact) mass is 256 g/mol. The van der Waals surface area contributed by atoms with Gasteiger partial charge in [0.1, 0.15) is 5.41 Å². The zero-order valence-corrected chi connectivity index (χ0v) is 11.6. The summed E-state index contributed by atoms with van der Waals surface area (Å²) in [6.07, 6.45) is 2.07. The van der Waals surface area contributed by atoms with E-state index < -0.39 is 11.4 Å². The van der Waals surface area contributed by atoms with Crippen molar-refractivity contribution in [1.82, 2.24) is 4.98 Å². The van der Waals surface area contributed by atoms with Gasteiger partial charge in [-0.3, -0.25) is 4.79 Å². The van der Waals surface area contributed by atoms with E-state index in [9.17, 15) is 4.79 Å². The highest BCUT2D eigenvalue weighted by atomic mass is 32.1. The number of nitrogens with zero attached hydrogens (tertiary/aromatic N) is 1. The molecule has 0 aliphatic heterocycles. The SMILES string of the molecule is CCC(CC)Nc1nc(C(C)(C)C(=O)O)cs1. The Labute approximate surface area is 106 Å². The maximum absolute atomic E-state index is 11.1. The molecule has 1 aromatic rings. The van der Waals surface area contributed by atoms with Gasteiger partial charge in [0.2, 0.25) is 0 Å². The lowest BCUT2D eigenvalue weighted by molar-refractivity contribution is -0.142. The third kappa shape index (κ3) is 3.19. The Morgan fingerprint density at radius 1 is 1.53 bits per heavy atom. The minimum absolute atomic E-state index is 0.405. The Morgan fingerprint density at radius 3 is 2.59 bits per heavy atom. The topological polar surface area (TPSA) is 62.2 Å². The van der Waals surface area contributed by atoms with Gasteiger partial charge < -0.3 is 10.4 Å². The number of thiazole rings is 1. The smallest absolute Gasteiger partial charge is 0.315 e. The second kappa shape index (κ2) is 5.49. The number of rotatable bonds is 6. The van der Waals surface area contributed by atoms with Gasteiger partial charge >= 0.3 is 5.97 Å². The van der Waals surface area contributed by atoms with Gasteiger partial charge in [-0.05, 0) is 26.7 Å². The van der Waals surface area contributed by atoms with E-state index in [2.05, 4.69) is 24.1 Å². The van der Waals surface area contributed by atoms with E-state index in [1.165, 1.54) is 11.3 Å². The Balaban J connectivity index is 2.81. The second-order valence-electron chi connectivity index (χ2n) is 4.63. The third-order valence-corrected chi connectivity index (χ3v) is 3.77. The van der Waals surface area contributed by atoms with Gasteiger partial charge in [0.15, 0.2) is 5.13 Å². The molecule has 0 aliphatic carbocycles. The van der Waals surface area contributed by atoms with Crippen molar-refractivity contribution >= 4 is 22.4 Å². The molecule has 0 fully saturated rings. The van der Waals surface area contributed by atoms with Gasteiger partial charge in [-0.15, -0.1) is 11.3 Å². The van der Waals surface area contributed by atoms with Crippen molar-refractivity contribution in [2.75, 3.05) is 5.32 Å². The van der Waals surface area contributed by atoms with Crippen LogP contribution in [0.1, 0.15) is 46.2 Å². The molecule has 1 rings (SSSR count). The summed E-state index contributed by atoms with van der Waals surface area (Å²) >= 11 is 1.47. The Hall–Kier alpha value is -1.10. The van der Waals surface area contributed by atoms with Crippen LogP contribution in [0.3, 0.4) is 0 Å². The van der Waals surface area contributed by atoms with Crippen LogP contribution in [0.4, 0.5) is 5.13 Å². The zero-order valence-electron chi connectivity index (χ0n) is 10.8. The molecule has 5 heteroatoms. The molecule has 0 atom stereocenters. The molecule has 1 heterocycles. The van der Waals surface area contributed by atoms with Gasteiger partial charge in [-0.2, -0.15) is 0 Å². The summed E-state index contributed by atoms with van der Waals surface area (Å²) in [6, 6.07) is 0.405. The summed E-state index contributed by atoms with van der Waals surface area (Å²) < 4.78 is 0. The number of hydrogen-bond acceptors (Lipinski definition) is 4. The predicted molar refractivity (Wildman–Crippen MR) is 70.8 cm³/mol. The van der Waals surface area contributed by atoms with Crippen LogP contribution in [0.2, 0.25) is 0 Å². The largest absolute Gasteiger partial charge is 0.481 e. The molecule has 0 saturated heterocycles. The highest BCUT2D eigenvalue weighted by Gasteiger charge is 2.32. The van der Waals surface area contributed by atoms with Crippen LogP contribution in [0.5, 0.6) is 0 Å². The quantitative estimate of drug-likeness (QED) is 0.821. The number of anilines is 1. The molecule has 17 heavy (non-hydrogen) atoms. The average molecular weight is 256 g/mol. The fourth-order valence-corrected chi connectivity index (χ4v) is 2.36. The summed E-state index contributed by atoms with van der Waals surface area (Å²) in [7, 11) is 0. The Morgan fingerprint density at radius 2 is 2.12 bits per heavy atom. The first-order valence-electron chi connectivity index (χ1n) is 5.87. The molecule has 1 aromatic heterocycles. The maximum Gasteiger partial charge on any atom is 0.315 e. The summed E-state index contributed by atoms with van der Waals surface area (Å²) in [6.45, 7) is 7.59. The van der Waals surface area contributed by atoms with E-state index in [4.69, 9.17) is 5.11 Å². The lowest BCUT2D eigenvalue weighted by atomic mass is 9.90. The Kier molecular flexibility index (Phi) is 4.51. The lowest BCUT2D eigenvalue weighted by Crippen LogP contribution is -2.29. The number of aromatic nitrogens is 1. The van der Waals surface area contributed by atoms with Gasteiger partial charge in [0, 0.05) is 11.4 Å². The molecule has 0 unspecified atom stereocenters. The van der Waals surface area contributed by atoms with Gasteiger partial charge in [-0.1, -0.05) is 13.8 Å². The standard InChI is InChI=1S/C12H20N2O2S/c1-5-8(6-2)13-11-14-9(7-17-11)12(3,4)10(15)16/h7-8H,5-6H2,1-4H3,(H,13,14)(H,15,16). The fourth-order valence-electron chi connectivity index (χ4n) is 1.40. The summed E-state index contributed by atoms with van der Waals surface area (Å²) in [5, 5.41) is 15.1. The summed E-state index contributed by atoms with van der Waals surface area (Å²) in [5.41, 5.74) is -0.312. The van der Waals surface area contributed by atoms with E-state index in [1.807, 2.05) is 5.38 Å². The van der Waals surface area contributed by atoms with Crippen molar-refractivity contribution in [2.45, 2.75) is 52.0 Å². The number of carboxylic acid groups (broad SMARTS) is 1. The van der Waals surface area contributed by atoms with Crippen molar-refractivity contribution in [3.8, 4) is 0 Å². The number of nitrogens with one attached hydrogen (secondary N) is 1. The molecule has 2 N–H and O–H groups in total. The highest BCUT2D eigenvalue weighted by Crippen LogP contribution is 2.27. The number of carboxylic acids is 1. The minimum Gasteiger partial charge on any atom is -0.481 e. The third-order valence-electron chi connectivity index (χ3n) is 2.99. The molecular weight excluding hydrogens is 236 g/mol. The normalized spacial score (nSPS) is 11.8. The van der Waals surface area contributed by atoms with Crippen LogP contribution in [-0.2, 0) is 10.2 Å². The molecule has 0 saturated carbocycles. The van der Waals surface area contributed by atoms with Crippen LogP contribution < -0.4 is 5.32 Å². The zero-order chi connectivity index (χ0) is 13.1. The number of carbonyl (C=O) groups is 1. The van der Waals surface area contributed by atoms with Crippen molar-refractivity contribution in [3.63, 3.8) is 0 Å². The molecular formula is C12H20N2O2S. The fraction of sp³-hybridized carbons (Fsp3) is 0.667. The van der Waals surface area contributed by atoms with Crippen LogP contribution in [-0.4, -0.2) is 22.1 Å². The van der Waals surface area contributed by atoms with E-state index in [0.29, 0.717) is 11.7 Å². The lowest BCUT2D eigenvalue weighted by Gasteiger charge is -2.16. The van der Waals surface area contributed by atoms with Gasteiger partial charge in [0.05, 0.1) is 5.69 Å². The Bertz CT molecular complexity index is 384. The van der Waals surface area contributed by atoms with Crippen LogP contribution in [0, 0.1) is 0 Å². The molecule has 0 aliphatic rings. The molecule has 0 aromatic carbocycles. The molecule has 0 spiro atoms. The van der Waals surface area contributed by atoms with Crippen LogP contribution in [0.15, 0.2) is 5.38 Å². The van der Waals surface area contributed by atoms with E-state index in [0.717, 1.165) is 18.0 Å². The predicted octanol–water partition coefficient (Wildman–Crippen LogP) is 3.11. The number of aliphatic carboxylic acids is 1.